The van der Waals surface area contributed by atoms with Gasteiger partial charge in [-0.05, 0) is 56.2 Å². The summed E-state index contributed by atoms with van der Waals surface area (Å²) in [6.07, 6.45) is 3.19. The summed E-state index contributed by atoms with van der Waals surface area (Å²) in [6, 6.07) is 10.7. The molecule has 1 aliphatic heterocycles. The third-order valence-electron chi connectivity index (χ3n) is 5.21. The molecule has 3 rings (SSSR count). The van der Waals surface area contributed by atoms with E-state index in [0.717, 1.165) is 30.6 Å². The van der Waals surface area contributed by atoms with Crippen molar-refractivity contribution in [1.29, 1.82) is 0 Å². The highest BCUT2D eigenvalue weighted by atomic mass is 35.5. The van der Waals surface area contributed by atoms with E-state index in [2.05, 4.69) is 41.5 Å². The number of benzene rings is 1. The maximum atomic E-state index is 13.0. The van der Waals surface area contributed by atoms with Crippen LogP contribution >= 0.6 is 12.4 Å². The lowest BCUT2D eigenvalue weighted by Gasteiger charge is -2.40. The number of nitrogens with two attached hydrogens (primary N) is 1. The van der Waals surface area contributed by atoms with Crippen molar-refractivity contribution in [3.8, 4) is 0 Å². The zero-order chi connectivity index (χ0) is 16.4. The van der Waals surface area contributed by atoms with Gasteiger partial charge in [-0.2, -0.15) is 0 Å². The van der Waals surface area contributed by atoms with Gasteiger partial charge in [0, 0.05) is 23.8 Å². The average molecular weight is 350 g/mol. The quantitative estimate of drug-likeness (QED) is 0.920. The second-order valence-electron chi connectivity index (χ2n) is 6.78. The topological polar surface area (TPSA) is 51.3 Å². The van der Waals surface area contributed by atoms with E-state index in [0.29, 0.717) is 25.0 Å². The number of para-hydroxylation sites is 1. The Hall–Kier alpha value is -1.52. The Morgan fingerprint density at radius 3 is 2.83 bits per heavy atom. The normalized spacial score (nSPS) is 20.9. The number of fused-ring (bicyclic) bond motifs is 1. The van der Waals surface area contributed by atoms with Crippen molar-refractivity contribution in [2.45, 2.75) is 45.7 Å². The summed E-state index contributed by atoms with van der Waals surface area (Å²) in [7, 11) is 0. The average Bonchev–Trinajstić information content (AvgIpc) is 2.85. The molecule has 5 heteroatoms. The molecule has 1 saturated heterocycles. The van der Waals surface area contributed by atoms with Gasteiger partial charge in [0.25, 0.3) is 0 Å². The van der Waals surface area contributed by atoms with Crippen molar-refractivity contribution >= 4 is 29.2 Å². The molecular weight excluding hydrogens is 322 g/mol. The van der Waals surface area contributed by atoms with E-state index in [1.807, 2.05) is 12.1 Å². The van der Waals surface area contributed by atoms with Crippen LogP contribution < -0.4 is 5.73 Å². The summed E-state index contributed by atoms with van der Waals surface area (Å²) < 4.78 is 2.14. The number of hydrogen-bond donors (Lipinski definition) is 1. The molecule has 1 aliphatic rings. The van der Waals surface area contributed by atoms with Gasteiger partial charge >= 0.3 is 0 Å². The number of nitrogens with zero attached hydrogens (tertiary/aromatic N) is 2. The number of aryl methyl sites for hydroxylation is 1. The van der Waals surface area contributed by atoms with E-state index in [-0.39, 0.29) is 18.3 Å². The molecule has 1 fully saturated rings. The first kappa shape index (κ1) is 18.8. The zero-order valence-corrected chi connectivity index (χ0v) is 15.4. The van der Waals surface area contributed by atoms with E-state index >= 15 is 0 Å². The lowest BCUT2D eigenvalue weighted by molar-refractivity contribution is -0.137. The number of carbonyl (C=O) groups excluding carboxylic acids is 1. The van der Waals surface area contributed by atoms with Crippen molar-refractivity contribution in [1.82, 2.24) is 9.47 Å². The Balaban J connectivity index is 0.00000208. The lowest BCUT2D eigenvalue weighted by Crippen LogP contribution is -2.49. The molecule has 0 saturated carbocycles. The number of hydrogen-bond acceptors (Lipinski definition) is 2. The summed E-state index contributed by atoms with van der Waals surface area (Å²) in [5, 5.41) is 1.20. The van der Waals surface area contributed by atoms with Gasteiger partial charge in [0.05, 0.1) is 0 Å². The molecule has 0 spiro atoms. The number of aromatic nitrogens is 1. The predicted octanol–water partition coefficient (Wildman–Crippen LogP) is 3.35. The van der Waals surface area contributed by atoms with Crippen LogP contribution in [0, 0.1) is 12.8 Å². The maximum Gasteiger partial charge on any atom is 0.242 e. The fourth-order valence-corrected chi connectivity index (χ4v) is 3.95. The summed E-state index contributed by atoms with van der Waals surface area (Å²) in [5.74, 6) is 0.762. The third-order valence-corrected chi connectivity index (χ3v) is 5.21. The highest BCUT2D eigenvalue weighted by molar-refractivity contribution is 5.85. The minimum absolute atomic E-state index is 0. The van der Waals surface area contributed by atoms with E-state index in [1.165, 1.54) is 11.8 Å². The third kappa shape index (κ3) is 3.60. The molecule has 1 aromatic heterocycles. The van der Waals surface area contributed by atoms with Crippen LogP contribution in [-0.4, -0.2) is 34.5 Å². The first-order valence-electron chi connectivity index (χ1n) is 8.66. The second kappa shape index (κ2) is 8.04. The molecule has 2 N–H and O–H groups in total. The Labute approximate surface area is 150 Å². The summed E-state index contributed by atoms with van der Waals surface area (Å²) in [4.78, 5) is 15.0. The maximum absolute atomic E-state index is 13.0. The molecular formula is C19H28ClN3O. The fourth-order valence-electron chi connectivity index (χ4n) is 3.95. The van der Waals surface area contributed by atoms with Crippen LogP contribution in [-0.2, 0) is 11.3 Å². The predicted molar refractivity (Wildman–Crippen MR) is 101 cm³/mol. The number of carbonyl (C=O) groups is 1. The lowest BCUT2D eigenvalue weighted by atomic mass is 9.88. The van der Waals surface area contributed by atoms with Crippen molar-refractivity contribution in [2.24, 2.45) is 11.7 Å². The summed E-state index contributed by atoms with van der Waals surface area (Å²) in [6.45, 7) is 6.25. The van der Waals surface area contributed by atoms with E-state index < -0.39 is 0 Å². The van der Waals surface area contributed by atoms with Gasteiger partial charge in [0.2, 0.25) is 5.91 Å². The van der Waals surface area contributed by atoms with Gasteiger partial charge < -0.3 is 15.2 Å². The molecule has 132 valence electrons. The molecule has 2 unspecified atom stereocenters. The van der Waals surface area contributed by atoms with Crippen LogP contribution in [0.5, 0.6) is 0 Å². The number of amides is 1. The number of halogens is 1. The first-order valence-corrected chi connectivity index (χ1v) is 8.66. The number of rotatable bonds is 4. The standard InChI is InChI=1S/C19H27N3O.ClH/c1-14-6-5-11-21(17(14)9-10-20)19(23)13-22-15(2)12-16-7-3-4-8-18(16)22;/h3-4,7-8,12,14,17H,5-6,9-11,13,20H2,1-2H3;1H. The molecule has 24 heavy (non-hydrogen) atoms. The van der Waals surface area contributed by atoms with E-state index in [4.69, 9.17) is 5.73 Å². The Morgan fingerprint density at radius 2 is 2.08 bits per heavy atom. The van der Waals surface area contributed by atoms with E-state index in [1.54, 1.807) is 0 Å². The Bertz CT molecular complexity index is 697. The fraction of sp³-hybridized carbons (Fsp3) is 0.526. The molecule has 1 amide bonds. The molecule has 0 aliphatic carbocycles. The van der Waals surface area contributed by atoms with Gasteiger partial charge in [0.1, 0.15) is 6.54 Å². The SMILES string of the molecule is Cc1cc2ccccc2n1CC(=O)N1CCCC(C)C1CCN.Cl. The van der Waals surface area contributed by atoms with Crippen LogP contribution in [0.2, 0.25) is 0 Å². The number of piperidine rings is 1. The molecule has 1 aromatic carbocycles. The van der Waals surface area contributed by atoms with Crippen molar-refractivity contribution in [3.05, 3.63) is 36.0 Å². The molecule has 4 nitrogen and oxygen atoms in total. The Kier molecular flexibility index (Phi) is 6.30. The Morgan fingerprint density at radius 1 is 1.33 bits per heavy atom. The van der Waals surface area contributed by atoms with Crippen molar-refractivity contribution in [2.75, 3.05) is 13.1 Å². The van der Waals surface area contributed by atoms with Crippen LogP contribution in [0.3, 0.4) is 0 Å². The molecule has 0 bridgehead atoms. The van der Waals surface area contributed by atoms with Crippen molar-refractivity contribution in [3.63, 3.8) is 0 Å². The molecule has 0 radical (unpaired) electrons. The smallest absolute Gasteiger partial charge is 0.242 e. The monoisotopic (exact) mass is 349 g/mol. The summed E-state index contributed by atoms with van der Waals surface area (Å²) >= 11 is 0. The van der Waals surface area contributed by atoms with Gasteiger partial charge in [-0.25, -0.2) is 0 Å². The zero-order valence-electron chi connectivity index (χ0n) is 14.6. The minimum Gasteiger partial charge on any atom is -0.338 e. The molecule has 2 heterocycles. The van der Waals surface area contributed by atoms with Crippen LogP contribution in [0.25, 0.3) is 10.9 Å². The largest absolute Gasteiger partial charge is 0.338 e. The van der Waals surface area contributed by atoms with Crippen molar-refractivity contribution < 1.29 is 4.79 Å². The van der Waals surface area contributed by atoms with Crippen LogP contribution in [0.4, 0.5) is 0 Å². The highest BCUT2D eigenvalue weighted by Gasteiger charge is 2.31. The van der Waals surface area contributed by atoms with Gasteiger partial charge in [0.15, 0.2) is 0 Å². The molecule has 2 aromatic rings. The van der Waals surface area contributed by atoms with Gasteiger partial charge in [-0.1, -0.05) is 25.1 Å². The summed E-state index contributed by atoms with van der Waals surface area (Å²) in [5.41, 5.74) is 8.05. The van der Waals surface area contributed by atoms with Crippen LogP contribution in [0.1, 0.15) is 31.9 Å². The van der Waals surface area contributed by atoms with Gasteiger partial charge in [-0.3, -0.25) is 4.79 Å². The minimum atomic E-state index is 0. The van der Waals surface area contributed by atoms with Gasteiger partial charge in [-0.15, -0.1) is 12.4 Å². The number of likely N-dealkylation sites (tertiary alicyclic amines) is 1. The van der Waals surface area contributed by atoms with E-state index in [9.17, 15) is 4.79 Å². The van der Waals surface area contributed by atoms with Crippen LogP contribution in [0.15, 0.2) is 30.3 Å². The second-order valence-corrected chi connectivity index (χ2v) is 6.78. The molecule has 2 atom stereocenters. The first-order chi connectivity index (χ1) is 11.1. The highest BCUT2D eigenvalue weighted by Crippen LogP contribution is 2.26.